The fourth-order valence-corrected chi connectivity index (χ4v) is 11.4. The van der Waals surface area contributed by atoms with Crippen LogP contribution in [0.2, 0.25) is 0 Å². The van der Waals surface area contributed by atoms with Crippen LogP contribution in [0.15, 0.2) is 254 Å². The molecule has 0 N–H and O–H groups in total. The van der Waals surface area contributed by atoms with Crippen molar-refractivity contribution in [3.8, 4) is 33.4 Å². The number of hydrogen-bond acceptors (Lipinski definition) is 2. The van der Waals surface area contributed by atoms with Crippen LogP contribution in [0.5, 0.6) is 0 Å². The summed E-state index contributed by atoms with van der Waals surface area (Å²) in [7, 11) is 0. The number of fused-ring (bicyclic) bond motifs is 8. The van der Waals surface area contributed by atoms with Gasteiger partial charge in [0.05, 0.1) is 11.1 Å². The van der Waals surface area contributed by atoms with Gasteiger partial charge in [0.25, 0.3) is 0 Å². The molecular weight excluding hydrogens is 835 g/mol. The highest BCUT2D eigenvalue weighted by Crippen LogP contribution is 2.57. The molecule has 1 aliphatic rings. The fourth-order valence-electron chi connectivity index (χ4n) is 11.4. The second-order valence-corrected chi connectivity index (χ2v) is 18.0. The van der Waals surface area contributed by atoms with Gasteiger partial charge in [0.2, 0.25) is 0 Å². The van der Waals surface area contributed by atoms with Crippen molar-refractivity contribution in [2.75, 3.05) is 4.90 Å². The Bertz CT molecular complexity index is 3950. The summed E-state index contributed by atoms with van der Waals surface area (Å²) in [5.74, 6) is 0. The first-order valence-corrected chi connectivity index (χ1v) is 23.6. The van der Waals surface area contributed by atoms with Crippen LogP contribution in [-0.4, -0.2) is 0 Å². The van der Waals surface area contributed by atoms with Crippen LogP contribution in [0.3, 0.4) is 0 Å². The molecule has 2 heteroatoms. The van der Waals surface area contributed by atoms with Gasteiger partial charge in [-0.15, -0.1) is 0 Å². The van der Waals surface area contributed by atoms with E-state index in [0.717, 1.165) is 77.6 Å². The minimum Gasteiger partial charge on any atom is -0.455 e. The molecule has 13 rings (SSSR count). The summed E-state index contributed by atoms with van der Waals surface area (Å²) >= 11 is 0. The van der Waals surface area contributed by atoms with Gasteiger partial charge >= 0.3 is 0 Å². The van der Waals surface area contributed by atoms with E-state index >= 15 is 0 Å². The van der Waals surface area contributed by atoms with Crippen LogP contribution in [0.1, 0.15) is 33.4 Å². The fraction of sp³-hybridized carbons (Fsp3) is 0.0149. The van der Waals surface area contributed by atoms with Crippen molar-refractivity contribution >= 4 is 72.7 Å². The molecule has 0 radical (unpaired) electrons. The highest BCUT2D eigenvalue weighted by Gasteiger charge is 2.46. The summed E-state index contributed by atoms with van der Waals surface area (Å²) in [6, 6.07) is 86.4. The summed E-state index contributed by atoms with van der Waals surface area (Å²) in [5.41, 5.74) is 18.4. The van der Waals surface area contributed by atoms with Crippen molar-refractivity contribution in [3.63, 3.8) is 0 Å². The standard InChI is InChI=1S/C67H45NO/c1-3-44-35-39-55-53(27-17-28-54(55)52(44)4-2)45-33-36-50(37-34-45)68(64-32-16-14-26-58(64)59-29-18-30-60-61-41-46-19-11-12-20-47(46)42-65(61)69-66(59)60)51-38-40-57-56-25-13-15-31-62(56)67(63(57)43-51,48-21-7-5-8-22-48)49-23-9-6-10-24-49/h3-43H,1-2H2. The van der Waals surface area contributed by atoms with Crippen LogP contribution in [-0.2, 0) is 5.41 Å². The van der Waals surface area contributed by atoms with Crippen molar-refractivity contribution < 1.29 is 4.42 Å². The Balaban J connectivity index is 1.05. The predicted octanol–water partition coefficient (Wildman–Crippen LogP) is 18.3. The zero-order valence-corrected chi connectivity index (χ0v) is 37.9. The highest BCUT2D eigenvalue weighted by atomic mass is 16.3. The molecule has 2 nitrogen and oxygen atoms in total. The number of hydrogen-bond donors (Lipinski definition) is 0. The SMILES string of the molecule is C=Cc1ccc2c(-c3ccc(N(c4ccc5c(c4)C(c4ccccc4)(c4ccccc4)c4ccccc4-5)c4ccccc4-c4cccc5c4oc4cc6ccccc6cc45)cc3)cccc2c1C=C. The zero-order valence-electron chi connectivity index (χ0n) is 37.9. The second kappa shape index (κ2) is 16.1. The highest BCUT2D eigenvalue weighted by molar-refractivity contribution is 6.14. The maximum Gasteiger partial charge on any atom is 0.143 e. The quantitative estimate of drug-likeness (QED) is 0.144. The van der Waals surface area contributed by atoms with Crippen molar-refractivity contribution in [1.82, 2.24) is 0 Å². The molecule has 0 spiro atoms. The number of anilines is 3. The molecule has 11 aromatic carbocycles. The molecule has 0 saturated heterocycles. The van der Waals surface area contributed by atoms with Gasteiger partial charge in [0, 0.05) is 33.3 Å². The first-order valence-electron chi connectivity index (χ1n) is 23.6. The number of benzene rings is 11. The molecule has 0 aliphatic heterocycles. The van der Waals surface area contributed by atoms with E-state index in [0.29, 0.717) is 0 Å². The number of nitrogens with zero attached hydrogens (tertiary/aromatic N) is 1. The van der Waals surface area contributed by atoms with Crippen molar-refractivity contribution in [2.45, 2.75) is 5.41 Å². The third-order valence-electron chi connectivity index (χ3n) is 14.5. The lowest BCUT2D eigenvalue weighted by molar-refractivity contribution is 0.670. The van der Waals surface area contributed by atoms with E-state index in [9.17, 15) is 0 Å². The average molecular weight is 880 g/mol. The van der Waals surface area contributed by atoms with Crippen LogP contribution in [0.4, 0.5) is 17.1 Å². The zero-order chi connectivity index (χ0) is 46.1. The van der Waals surface area contributed by atoms with Crippen molar-refractivity contribution in [1.29, 1.82) is 0 Å². The molecule has 12 aromatic rings. The Morgan fingerprint density at radius 3 is 1.74 bits per heavy atom. The maximum atomic E-state index is 6.91. The predicted molar refractivity (Wildman–Crippen MR) is 292 cm³/mol. The van der Waals surface area contributed by atoms with Crippen LogP contribution in [0, 0.1) is 0 Å². The third kappa shape index (κ3) is 6.19. The van der Waals surface area contributed by atoms with E-state index in [1.54, 1.807) is 0 Å². The molecule has 1 heterocycles. The van der Waals surface area contributed by atoms with E-state index in [-0.39, 0.29) is 0 Å². The third-order valence-corrected chi connectivity index (χ3v) is 14.5. The van der Waals surface area contributed by atoms with Crippen LogP contribution < -0.4 is 4.90 Å². The number of furan rings is 1. The Morgan fingerprint density at radius 1 is 0.391 bits per heavy atom. The number of para-hydroxylation sites is 2. The van der Waals surface area contributed by atoms with Gasteiger partial charge in [-0.05, 0) is 120 Å². The Hall–Kier alpha value is -8.98. The summed E-state index contributed by atoms with van der Waals surface area (Å²) in [6.45, 7) is 8.24. The molecule has 0 unspecified atom stereocenters. The molecule has 0 saturated carbocycles. The molecule has 0 fully saturated rings. The lowest BCUT2D eigenvalue weighted by Crippen LogP contribution is -2.28. The van der Waals surface area contributed by atoms with E-state index < -0.39 is 5.41 Å². The Kier molecular flexibility index (Phi) is 9.42. The minimum atomic E-state index is -0.562. The minimum absolute atomic E-state index is 0.562. The van der Waals surface area contributed by atoms with Gasteiger partial charge in [0.1, 0.15) is 11.2 Å². The summed E-state index contributed by atoms with van der Waals surface area (Å²) < 4.78 is 6.91. The summed E-state index contributed by atoms with van der Waals surface area (Å²) in [6.07, 6.45) is 3.84. The summed E-state index contributed by atoms with van der Waals surface area (Å²) in [4.78, 5) is 2.44. The van der Waals surface area contributed by atoms with Gasteiger partial charge in [0.15, 0.2) is 0 Å². The van der Waals surface area contributed by atoms with Gasteiger partial charge in [-0.1, -0.05) is 219 Å². The Morgan fingerprint density at radius 2 is 1.00 bits per heavy atom. The molecule has 1 aromatic heterocycles. The maximum absolute atomic E-state index is 6.91. The van der Waals surface area contributed by atoms with Crippen molar-refractivity contribution in [3.05, 3.63) is 283 Å². The van der Waals surface area contributed by atoms with Gasteiger partial charge < -0.3 is 9.32 Å². The monoisotopic (exact) mass is 879 g/mol. The van der Waals surface area contributed by atoms with Crippen molar-refractivity contribution in [2.24, 2.45) is 0 Å². The second-order valence-electron chi connectivity index (χ2n) is 18.0. The van der Waals surface area contributed by atoms with E-state index in [1.807, 2.05) is 12.2 Å². The summed E-state index contributed by atoms with van der Waals surface area (Å²) in [5, 5.41) is 6.90. The molecule has 0 bridgehead atoms. The molecular formula is C67H45NO. The Labute approximate surface area is 402 Å². The lowest BCUT2D eigenvalue weighted by atomic mass is 9.67. The largest absolute Gasteiger partial charge is 0.455 e. The first kappa shape index (κ1) is 40.3. The smallest absolute Gasteiger partial charge is 0.143 e. The average Bonchev–Trinajstić information content (AvgIpc) is 3.93. The van der Waals surface area contributed by atoms with E-state index in [1.165, 1.54) is 49.7 Å². The first-order chi connectivity index (χ1) is 34.1. The molecule has 0 atom stereocenters. The van der Waals surface area contributed by atoms with Crippen LogP contribution in [0.25, 0.3) is 89.0 Å². The van der Waals surface area contributed by atoms with E-state index in [2.05, 4.69) is 255 Å². The topological polar surface area (TPSA) is 16.4 Å². The number of rotatable bonds is 9. The van der Waals surface area contributed by atoms with E-state index in [4.69, 9.17) is 4.42 Å². The lowest BCUT2D eigenvalue weighted by Gasteiger charge is -2.35. The molecule has 324 valence electrons. The van der Waals surface area contributed by atoms with Gasteiger partial charge in [-0.2, -0.15) is 0 Å². The molecule has 1 aliphatic carbocycles. The molecule has 0 amide bonds. The normalized spacial score (nSPS) is 12.6. The molecule has 69 heavy (non-hydrogen) atoms. The van der Waals surface area contributed by atoms with Gasteiger partial charge in [-0.3, -0.25) is 0 Å². The van der Waals surface area contributed by atoms with Gasteiger partial charge in [-0.25, -0.2) is 0 Å². The van der Waals surface area contributed by atoms with Crippen LogP contribution >= 0.6 is 0 Å².